The molecule has 3 rings (SSSR count). The molecule has 0 bridgehead atoms. The quantitative estimate of drug-likeness (QED) is 0.802. The number of aromatic nitrogens is 2. The molecule has 1 amide bonds. The third kappa shape index (κ3) is 3.06. The summed E-state index contributed by atoms with van der Waals surface area (Å²) in [6, 6.07) is 11.8. The normalized spacial score (nSPS) is 12.0. The third-order valence-corrected chi connectivity index (χ3v) is 3.90. The van der Waals surface area contributed by atoms with Crippen molar-refractivity contribution in [3.8, 4) is 16.9 Å². The molecule has 3 aromatic rings. The molecule has 24 heavy (non-hydrogen) atoms. The number of rotatable bonds is 4. The van der Waals surface area contributed by atoms with Crippen LogP contribution in [0, 0.1) is 6.92 Å². The molecular formula is C19H19N3O2. The fraction of sp³-hybridized carbons (Fsp3) is 0.211. The zero-order chi connectivity index (χ0) is 17.1. The monoisotopic (exact) mass is 321 g/mol. The summed E-state index contributed by atoms with van der Waals surface area (Å²) < 4.78 is 5.85. The highest BCUT2D eigenvalue weighted by Gasteiger charge is 2.15. The molecule has 122 valence electrons. The van der Waals surface area contributed by atoms with Crippen molar-refractivity contribution in [2.45, 2.75) is 20.0 Å². The first-order valence-corrected chi connectivity index (χ1v) is 7.79. The van der Waals surface area contributed by atoms with E-state index in [4.69, 9.17) is 4.74 Å². The largest absolute Gasteiger partial charge is 0.480 e. The van der Waals surface area contributed by atoms with Crippen molar-refractivity contribution >= 4 is 16.7 Å². The zero-order valence-electron chi connectivity index (χ0n) is 13.9. The summed E-state index contributed by atoms with van der Waals surface area (Å²) >= 11 is 0. The highest BCUT2D eigenvalue weighted by atomic mass is 16.5. The van der Waals surface area contributed by atoms with Crippen LogP contribution in [-0.2, 0) is 4.79 Å². The predicted molar refractivity (Wildman–Crippen MR) is 93.9 cm³/mol. The molecule has 0 aliphatic rings. The Bertz CT molecular complexity index is 875. The Hall–Kier alpha value is -2.95. The lowest BCUT2D eigenvalue weighted by atomic mass is 9.99. The number of ether oxygens (including phenoxy) is 1. The highest BCUT2D eigenvalue weighted by molar-refractivity contribution is 6.00. The van der Waals surface area contributed by atoms with Gasteiger partial charge in [0.2, 0.25) is 0 Å². The maximum atomic E-state index is 11.7. The first-order valence-electron chi connectivity index (χ1n) is 7.79. The Kier molecular flexibility index (Phi) is 4.42. The van der Waals surface area contributed by atoms with Crippen LogP contribution < -0.4 is 10.1 Å². The molecule has 1 heterocycles. The SMILES string of the molecule is CNC(=O)C(C)Oc1ccc(-c2cnc(C)nc2)c2ccccc12. The number of carbonyl (C=O) groups excluding carboxylic acids is 1. The summed E-state index contributed by atoms with van der Waals surface area (Å²) in [5, 5.41) is 4.58. The summed E-state index contributed by atoms with van der Waals surface area (Å²) in [5.74, 6) is 1.26. The molecule has 0 spiro atoms. The van der Waals surface area contributed by atoms with Crippen molar-refractivity contribution in [2.75, 3.05) is 7.05 Å². The van der Waals surface area contributed by atoms with Crippen molar-refractivity contribution in [1.82, 2.24) is 15.3 Å². The van der Waals surface area contributed by atoms with Crippen LogP contribution in [0.2, 0.25) is 0 Å². The molecule has 5 nitrogen and oxygen atoms in total. The summed E-state index contributed by atoms with van der Waals surface area (Å²) in [6.45, 7) is 3.59. The zero-order valence-corrected chi connectivity index (χ0v) is 13.9. The number of carbonyl (C=O) groups is 1. The van der Waals surface area contributed by atoms with Crippen LogP contribution in [0.4, 0.5) is 0 Å². The fourth-order valence-corrected chi connectivity index (χ4v) is 2.60. The standard InChI is InChI=1S/C19H19N3O2/c1-12(19(23)20-3)24-18-9-8-15(14-10-21-13(2)22-11-14)16-6-4-5-7-17(16)18/h4-12H,1-3H3,(H,20,23). The molecule has 1 atom stereocenters. The van der Waals surface area contributed by atoms with Gasteiger partial charge in [-0.25, -0.2) is 9.97 Å². The van der Waals surface area contributed by atoms with Gasteiger partial charge in [-0.2, -0.15) is 0 Å². The van der Waals surface area contributed by atoms with E-state index in [9.17, 15) is 4.79 Å². The van der Waals surface area contributed by atoms with Gasteiger partial charge in [0.15, 0.2) is 6.10 Å². The minimum atomic E-state index is -0.563. The Labute approximate surface area is 140 Å². The second-order valence-corrected chi connectivity index (χ2v) is 5.55. The lowest BCUT2D eigenvalue weighted by molar-refractivity contribution is -0.126. The van der Waals surface area contributed by atoms with Gasteiger partial charge in [-0.15, -0.1) is 0 Å². The molecule has 0 saturated heterocycles. The number of benzene rings is 2. The molecule has 2 aromatic carbocycles. The van der Waals surface area contributed by atoms with Crippen LogP contribution in [0.25, 0.3) is 21.9 Å². The van der Waals surface area contributed by atoms with Crippen LogP contribution in [0.3, 0.4) is 0 Å². The number of nitrogens with zero attached hydrogens (tertiary/aromatic N) is 2. The van der Waals surface area contributed by atoms with Gasteiger partial charge in [0.05, 0.1) is 0 Å². The maximum Gasteiger partial charge on any atom is 0.260 e. The van der Waals surface area contributed by atoms with Crippen LogP contribution in [-0.4, -0.2) is 29.0 Å². The van der Waals surface area contributed by atoms with Crippen LogP contribution in [0.5, 0.6) is 5.75 Å². The molecule has 5 heteroatoms. The highest BCUT2D eigenvalue weighted by Crippen LogP contribution is 2.34. The van der Waals surface area contributed by atoms with Gasteiger partial charge in [-0.1, -0.05) is 24.3 Å². The van der Waals surface area contributed by atoms with Crippen LogP contribution in [0.1, 0.15) is 12.7 Å². The number of amides is 1. The van der Waals surface area contributed by atoms with Gasteiger partial charge < -0.3 is 10.1 Å². The first kappa shape index (κ1) is 15.9. The van der Waals surface area contributed by atoms with Gasteiger partial charge in [0.1, 0.15) is 11.6 Å². The molecule has 0 aliphatic carbocycles. The fourth-order valence-electron chi connectivity index (χ4n) is 2.60. The van der Waals surface area contributed by atoms with Crippen molar-refractivity contribution in [2.24, 2.45) is 0 Å². The van der Waals surface area contributed by atoms with E-state index in [2.05, 4.69) is 15.3 Å². The lowest BCUT2D eigenvalue weighted by Crippen LogP contribution is -2.33. The Morgan fingerprint density at radius 2 is 1.75 bits per heavy atom. The van der Waals surface area contributed by atoms with Gasteiger partial charge in [-0.3, -0.25) is 4.79 Å². The first-order chi connectivity index (χ1) is 11.6. The molecular weight excluding hydrogens is 302 g/mol. The molecule has 1 N–H and O–H groups in total. The van der Waals surface area contributed by atoms with Crippen LogP contribution in [0.15, 0.2) is 48.8 Å². The second kappa shape index (κ2) is 6.66. The van der Waals surface area contributed by atoms with E-state index < -0.39 is 6.10 Å². The van der Waals surface area contributed by atoms with E-state index >= 15 is 0 Å². The van der Waals surface area contributed by atoms with E-state index in [0.717, 1.165) is 27.7 Å². The molecule has 0 aliphatic heterocycles. The number of nitrogens with one attached hydrogen (secondary N) is 1. The van der Waals surface area contributed by atoms with Gasteiger partial charge >= 0.3 is 0 Å². The number of likely N-dealkylation sites (N-methyl/N-ethyl adjacent to an activating group) is 1. The van der Waals surface area contributed by atoms with Gasteiger partial charge in [-0.05, 0) is 36.9 Å². The Balaban J connectivity index is 2.07. The molecule has 1 unspecified atom stereocenters. The minimum absolute atomic E-state index is 0.157. The van der Waals surface area contributed by atoms with Crippen molar-refractivity contribution in [3.63, 3.8) is 0 Å². The van der Waals surface area contributed by atoms with E-state index in [1.54, 1.807) is 14.0 Å². The molecule has 0 radical (unpaired) electrons. The van der Waals surface area contributed by atoms with Gasteiger partial charge in [0.25, 0.3) is 5.91 Å². The molecule has 0 saturated carbocycles. The summed E-state index contributed by atoms with van der Waals surface area (Å²) in [4.78, 5) is 20.3. The Morgan fingerprint density at radius 1 is 1.08 bits per heavy atom. The topological polar surface area (TPSA) is 64.1 Å². The smallest absolute Gasteiger partial charge is 0.260 e. The number of hydrogen-bond acceptors (Lipinski definition) is 4. The van der Waals surface area contributed by atoms with Crippen molar-refractivity contribution < 1.29 is 9.53 Å². The van der Waals surface area contributed by atoms with Crippen molar-refractivity contribution in [3.05, 3.63) is 54.6 Å². The van der Waals surface area contributed by atoms with Crippen molar-refractivity contribution in [1.29, 1.82) is 0 Å². The summed E-state index contributed by atoms with van der Waals surface area (Å²) in [7, 11) is 1.60. The summed E-state index contributed by atoms with van der Waals surface area (Å²) in [6.07, 6.45) is 3.07. The molecule has 1 aromatic heterocycles. The Morgan fingerprint density at radius 3 is 2.42 bits per heavy atom. The summed E-state index contributed by atoms with van der Waals surface area (Å²) in [5.41, 5.74) is 1.98. The lowest BCUT2D eigenvalue weighted by Gasteiger charge is -2.16. The van der Waals surface area contributed by atoms with E-state index in [-0.39, 0.29) is 5.91 Å². The second-order valence-electron chi connectivity index (χ2n) is 5.55. The minimum Gasteiger partial charge on any atom is -0.480 e. The third-order valence-electron chi connectivity index (χ3n) is 3.90. The number of aryl methyl sites for hydroxylation is 1. The molecule has 0 fully saturated rings. The number of fused-ring (bicyclic) bond motifs is 1. The van der Waals surface area contributed by atoms with E-state index in [1.807, 2.05) is 55.7 Å². The van der Waals surface area contributed by atoms with E-state index in [0.29, 0.717) is 5.75 Å². The van der Waals surface area contributed by atoms with Gasteiger partial charge in [0, 0.05) is 30.4 Å². The maximum absolute atomic E-state index is 11.7. The average Bonchev–Trinajstić information content (AvgIpc) is 2.62. The van der Waals surface area contributed by atoms with Crippen LogP contribution >= 0.6 is 0 Å². The number of hydrogen-bond donors (Lipinski definition) is 1. The predicted octanol–water partition coefficient (Wildman–Crippen LogP) is 3.12. The van der Waals surface area contributed by atoms with E-state index in [1.165, 1.54) is 0 Å². The average molecular weight is 321 g/mol.